The molecule has 0 saturated carbocycles. The number of amidine groups is 1. The average Bonchev–Trinajstić information content (AvgIpc) is 2.94. The number of nitrogens with zero attached hydrogens (tertiary/aromatic N) is 1. The van der Waals surface area contributed by atoms with Crippen LogP contribution < -0.4 is 10.5 Å². The van der Waals surface area contributed by atoms with Gasteiger partial charge in [-0.2, -0.15) is 0 Å². The van der Waals surface area contributed by atoms with Crippen molar-refractivity contribution >= 4 is 21.8 Å². The van der Waals surface area contributed by atoms with E-state index in [9.17, 15) is 0 Å². The average molecular weight is 347 g/mol. The number of fused-ring (bicyclic) bond motifs is 1. The smallest absolute Gasteiger partial charge is 0.173 e. The summed E-state index contributed by atoms with van der Waals surface area (Å²) in [6.07, 6.45) is 3.44. The molecule has 2 aromatic carbocycles. The van der Waals surface area contributed by atoms with Gasteiger partial charge in [0.25, 0.3) is 0 Å². The van der Waals surface area contributed by atoms with Gasteiger partial charge in [-0.3, -0.25) is 0 Å². The van der Waals surface area contributed by atoms with Crippen LogP contribution in [0.4, 0.5) is 0 Å². The molecule has 3 rings (SSSR count). The van der Waals surface area contributed by atoms with Gasteiger partial charge in [-0.15, -0.1) is 0 Å². The molecule has 5 heteroatoms. The van der Waals surface area contributed by atoms with Crippen molar-refractivity contribution in [3.8, 4) is 11.5 Å². The van der Waals surface area contributed by atoms with Gasteiger partial charge in [0, 0.05) is 4.47 Å². The monoisotopic (exact) mass is 346 g/mol. The van der Waals surface area contributed by atoms with Crippen molar-refractivity contribution in [3.05, 3.63) is 57.6 Å². The number of halogens is 1. The number of benzene rings is 2. The molecule has 1 aliphatic rings. The zero-order valence-corrected chi connectivity index (χ0v) is 12.9. The van der Waals surface area contributed by atoms with E-state index < -0.39 is 0 Å². The second-order valence-electron chi connectivity index (χ2n) is 5.01. The van der Waals surface area contributed by atoms with E-state index in [0.717, 1.165) is 23.1 Å². The lowest BCUT2D eigenvalue weighted by Crippen LogP contribution is -2.14. The highest BCUT2D eigenvalue weighted by atomic mass is 79.9. The number of nitrogens with two attached hydrogens (primary N) is 1. The van der Waals surface area contributed by atoms with Crippen molar-refractivity contribution < 1.29 is 9.94 Å². The lowest BCUT2D eigenvalue weighted by Gasteiger charge is -2.12. The molecule has 0 spiro atoms. The number of aryl methyl sites for hydroxylation is 2. The highest BCUT2D eigenvalue weighted by molar-refractivity contribution is 9.10. The summed E-state index contributed by atoms with van der Waals surface area (Å²) >= 11 is 3.41. The molecule has 0 aromatic heterocycles. The van der Waals surface area contributed by atoms with E-state index in [1.165, 1.54) is 17.5 Å². The van der Waals surface area contributed by atoms with Gasteiger partial charge in [-0.05, 0) is 60.7 Å². The molecular weight excluding hydrogens is 332 g/mol. The van der Waals surface area contributed by atoms with Crippen molar-refractivity contribution in [2.45, 2.75) is 19.3 Å². The van der Waals surface area contributed by atoms with Gasteiger partial charge >= 0.3 is 0 Å². The van der Waals surface area contributed by atoms with E-state index >= 15 is 0 Å². The quantitative estimate of drug-likeness (QED) is 0.384. The van der Waals surface area contributed by atoms with E-state index in [1.54, 1.807) is 12.1 Å². The minimum Gasteiger partial charge on any atom is -0.457 e. The van der Waals surface area contributed by atoms with Crippen molar-refractivity contribution in [1.82, 2.24) is 0 Å². The minimum atomic E-state index is 0.0265. The third-order valence-electron chi connectivity index (χ3n) is 3.63. The van der Waals surface area contributed by atoms with Crippen molar-refractivity contribution in [3.63, 3.8) is 0 Å². The number of hydrogen-bond donors (Lipinski definition) is 2. The summed E-state index contributed by atoms with van der Waals surface area (Å²) in [5, 5.41) is 11.9. The largest absolute Gasteiger partial charge is 0.457 e. The van der Waals surface area contributed by atoms with Gasteiger partial charge in [0.15, 0.2) is 5.84 Å². The maximum Gasteiger partial charge on any atom is 0.173 e. The summed E-state index contributed by atoms with van der Waals surface area (Å²) in [5.74, 6) is 1.34. The normalized spacial score (nSPS) is 14.0. The third-order valence-corrected chi connectivity index (χ3v) is 4.12. The van der Waals surface area contributed by atoms with Crippen LogP contribution in [-0.4, -0.2) is 11.0 Å². The molecule has 0 atom stereocenters. The van der Waals surface area contributed by atoms with Gasteiger partial charge < -0.3 is 15.7 Å². The summed E-state index contributed by atoms with van der Waals surface area (Å²) in [7, 11) is 0. The molecule has 0 heterocycles. The zero-order chi connectivity index (χ0) is 14.8. The summed E-state index contributed by atoms with van der Waals surface area (Å²) in [4.78, 5) is 0. The second-order valence-corrected chi connectivity index (χ2v) is 5.93. The highest BCUT2D eigenvalue weighted by Crippen LogP contribution is 2.32. The van der Waals surface area contributed by atoms with Gasteiger partial charge in [0.2, 0.25) is 0 Å². The summed E-state index contributed by atoms with van der Waals surface area (Å²) < 4.78 is 6.81. The van der Waals surface area contributed by atoms with Gasteiger partial charge in [-0.25, -0.2) is 0 Å². The van der Waals surface area contributed by atoms with Crippen molar-refractivity contribution in [2.24, 2.45) is 10.9 Å². The fourth-order valence-electron chi connectivity index (χ4n) is 2.58. The Bertz CT molecular complexity index is 713. The lowest BCUT2D eigenvalue weighted by atomic mass is 10.1. The first kappa shape index (κ1) is 13.9. The molecule has 0 unspecified atom stereocenters. The van der Waals surface area contributed by atoms with Crippen LogP contribution in [-0.2, 0) is 12.8 Å². The standard InChI is InChI=1S/C16H15BrN2O2/c17-12-5-7-14(16(18)19-20)15(9-12)21-13-6-4-10-2-1-3-11(10)8-13/h4-9,20H,1-3H2,(H2,18,19). The molecule has 0 bridgehead atoms. The van der Waals surface area contributed by atoms with Gasteiger partial charge in [0.05, 0.1) is 5.56 Å². The number of rotatable bonds is 3. The van der Waals surface area contributed by atoms with Crippen molar-refractivity contribution in [1.29, 1.82) is 0 Å². The van der Waals surface area contributed by atoms with Gasteiger partial charge in [0.1, 0.15) is 11.5 Å². The number of hydrogen-bond acceptors (Lipinski definition) is 3. The number of ether oxygens (including phenoxy) is 1. The Labute approximate surface area is 131 Å². The lowest BCUT2D eigenvalue weighted by molar-refractivity contribution is 0.318. The molecule has 0 radical (unpaired) electrons. The van der Waals surface area contributed by atoms with Crippen LogP contribution in [0.1, 0.15) is 23.1 Å². The maximum absolute atomic E-state index is 8.87. The summed E-state index contributed by atoms with van der Waals surface area (Å²) in [6.45, 7) is 0. The van der Waals surface area contributed by atoms with Crippen LogP contribution >= 0.6 is 15.9 Å². The van der Waals surface area contributed by atoms with Crippen LogP contribution in [0.25, 0.3) is 0 Å². The van der Waals surface area contributed by atoms with E-state index in [4.69, 9.17) is 15.7 Å². The molecular formula is C16H15BrN2O2. The van der Waals surface area contributed by atoms with Crippen LogP contribution in [0.3, 0.4) is 0 Å². The third kappa shape index (κ3) is 2.88. The molecule has 0 saturated heterocycles. The Balaban J connectivity index is 1.96. The predicted octanol–water partition coefficient (Wildman–Crippen LogP) is 3.82. The molecule has 0 amide bonds. The first-order valence-electron chi connectivity index (χ1n) is 6.74. The Morgan fingerprint density at radius 2 is 1.95 bits per heavy atom. The first-order chi connectivity index (χ1) is 10.2. The van der Waals surface area contributed by atoms with Crippen molar-refractivity contribution in [2.75, 3.05) is 0 Å². The van der Waals surface area contributed by atoms with E-state index in [1.807, 2.05) is 12.1 Å². The van der Waals surface area contributed by atoms with E-state index in [-0.39, 0.29) is 5.84 Å². The molecule has 21 heavy (non-hydrogen) atoms. The fraction of sp³-hybridized carbons (Fsp3) is 0.188. The molecule has 2 aromatic rings. The topological polar surface area (TPSA) is 67.8 Å². The van der Waals surface area contributed by atoms with Crippen LogP contribution in [0.5, 0.6) is 11.5 Å². The second kappa shape index (κ2) is 5.77. The Morgan fingerprint density at radius 1 is 1.14 bits per heavy atom. The molecule has 0 fully saturated rings. The molecule has 3 N–H and O–H groups in total. The minimum absolute atomic E-state index is 0.0265. The van der Waals surface area contributed by atoms with Crippen LogP contribution in [0.15, 0.2) is 46.0 Å². The van der Waals surface area contributed by atoms with E-state index in [0.29, 0.717) is 11.3 Å². The van der Waals surface area contributed by atoms with Gasteiger partial charge in [-0.1, -0.05) is 27.2 Å². The molecule has 0 aliphatic heterocycles. The Hall–Kier alpha value is -2.01. The highest BCUT2D eigenvalue weighted by Gasteiger charge is 2.14. The SMILES string of the molecule is N/C(=N/O)c1ccc(Br)cc1Oc1ccc2c(c1)CCC2. The Morgan fingerprint density at radius 3 is 2.76 bits per heavy atom. The summed E-state index contributed by atoms with van der Waals surface area (Å²) in [5.41, 5.74) is 8.99. The first-order valence-corrected chi connectivity index (χ1v) is 7.54. The predicted molar refractivity (Wildman–Crippen MR) is 85.2 cm³/mol. The maximum atomic E-state index is 8.87. The fourth-order valence-corrected chi connectivity index (χ4v) is 2.92. The van der Waals surface area contributed by atoms with E-state index in [2.05, 4.69) is 33.2 Å². The molecule has 1 aliphatic carbocycles. The molecule has 108 valence electrons. The zero-order valence-electron chi connectivity index (χ0n) is 11.3. The number of oxime groups is 1. The van der Waals surface area contributed by atoms with Crippen LogP contribution in [0.2, 0.25) is 0 Å². The molecule has 4 nitrogen and oxygen atoms in total. The Kier molecular flexibility index (Phi) is 3.84. The van der Waals surface area contributed by atoms with Crippen LogP contribution in [0, 0.1) is 0 Å². The summed E-state index contributed by atoms with van der Waals surface area (Å²) in [6, 6.07) is 11.5.